The van der Waals surface area contributed by atoms with Crippen LogP contribution < -0.4 is 5.73 Å². The van der Waals surface area contributed by atoms with E-state index in [4.69, 9.17) is 22.5 Å². The first kappa shape index (κ1) is 14.2. The molecular formula is C12H9BrClN3OS. The van der Waals surface area contributed by atoms with Crippen LogP contribution in [0.5, 0.6) is 0 Å². The third kappa shape index (κ3) is 3.40. The number of rotatable bonds is 3. The van der Waals surface area contributed by atoms with Gasteiger partial charge in [-0.1, -0.05) is 28.5 Å². The number of oxime groups is 1. The normalized spacial score (nSPS) is 11.6. The van der Waals surface area contributed by atoms with Gasteiger partial charge in [0.05, 0.1) is 4.47 Å². The van der Waals surface area contributed by atoms with Crippen LogP contribution in [0.1, 0.15) is 5.56 Å². The van der Waals surface area contributed by atoms with Gasteiger partial charge < -0.3 is 10.9 Å². The van der Waals surface area contributed by atoms with Crippen LogP contribution in [0.4, 0.5) is 0 Å². The van der Waals surface area contributed by atoms with Gasteiger partial charge in [0.25, 0.3) is 0 Å². The maximum atomic E-state index is 8.81. The second kappa shape index (κ2) is 6.27. The Labute approximate surface area is 127 Å². The van der Waals surface area contributed by atoms with Crippen molar-refractivity contribution in [3.63, 3.8) is 0 Å². The average molecular weight is 359 g/mol. The minimum atomic E-state index is 0.0112. The highest BCUT2D eigenvalue weighted by Gasteiger charge is 2.11. The van der Waals surface area contributed by atoms with E-state index in [9.17, 15) is 0 Å². The zero-order valence-electron chi connectivity index (χ0n) is 9.55. The van der Waals surface area contributed by atoms with Gasteiger partial charge in [0, 0.05) is 21.7 Å². The van der Waals surface area contributed by atoms with E-state index in [1.54, 1.807) is 18.3 Å². The Hall–Kier alpha value is -1.24. The first-order valence-corrected chi connectivity index (χ1v) is 7.16. The lowest BCUT2D eigenvalue weighted by molar-refractivity contribution is 0.318. The summed E-state index contributed by atoms with van der Waals surface area (Å²) in [6.07, 6.45) is 1.70. The molecule has 2 aromatic rings. The first-order chi connectivity index (χ1) is 9.11. The minimum absolute atomic E-state index is 0.0112. The third-order valence-corrected chi connectivity index (χ3v) is 4.49. The molecule has 0 saturated carbocycles. The molecule has 0 unspecified atom stereocenters. The average Bonchev–Trinajstić information content (AvgIpc) is 2.42. The molecule has 98 valence electrons. The smallest absolute Gasteiger partial charge is 0.171 e. The van der Waals surface area contributed by atoms with Gasteiger partial charge in [-0.15, -0.1) is 0 Å². The van der Waals surface area contributed by atoms with Gasteiger partial charge in [-0.3, -0.25) is 0 Å². The number of hydrogen-bond acceptors (Lipinski definition) is 4. The second-order valence-corrected chi connectivity index (χ2v) is 5.84. The number of nitrogens with two attached hydrogens (primary N) is 1. The third-order valence-electron chi connectivity index (χ3n) is 2.26. The van der Waals surface area contributed by atoms with E-state index in [0.29, 0.717) is 10.6 Å². The van der Waals surface area contributed by atoms with Crippen LogP contribution in [0.15, 0.2) is 56.1 Å². The van der Waals surface area contributed by atoms with E-state index in [1.807, 2.05) is 18.2 Å². The Bertz CT molecular complexity index is 636. The summed E-state index contributed by atoms with van der Waals surface area (Å²) in [6, 6.07) is 8.93. The minimum Gasteiger partial charge on any atom is -0.409 e. The van der Waals surface area contributed by atoms with Crippen molar-refractivity contribution >= 4 is 45.1 Å². The molecule has 1 aromatic heterocycles. The van der Waals surface area contributed by atoms with Crippen LogP contribution in [0, 0.1) is 0 Å². The summed E-state index contributed by atoms with van der Waals surface area (Å²) in [5.41, 5.74) is 6.22. The molecule has 4 nitrogen and oxygen atoms in total. The van der Waals surface area contributed by atoms with Crippen LogP contribution >= 0.6 is 39.3 Å². The molecule has 19 heavy (non-hydrogen) atoms. The molecule has 3 N–H and O–H groups in total. The number of benzene rings is 1. The van der Waals surface area contributed by atoms with E-state index in [-0.39, 0.29) is 5.84 Å². The van der Waals surface area contributed by atoms with Gasteiger partial charge in [-0.2, -0.15) is 0 Å². The fourth-order valence-corrected chi connectivity index (χ4v) is 2.96. The Balaban J connectivity index is 2.43. The van der Waals surface area contributed by atoms with Gasteiger partial charge in [0.2, 0.25) is 0 Å². The highest BCUT2D eigenvalue weighted by Crippen LogP contribution is 2.34. The van der Waals surface area contributed by atoms with Crippen LogP contribution in [-0.4, -0.2) is 16.0 Å². The van der Waals surface area contributed by atoms with Gasteiger partial charge in [-0.25, -0.2) is 4.98 Å². The van der Waals surface area contributed by atoms with Gasteiger partial charge in [0.15, 0.2) is 5.84 Å². The number of halogens is 2. The summed E-state index contributed by atoms with van der Waals surface area (Å²) in [6.45, 7) is 0. The van der Waals surface area contributed by atoms with Crippen molar-refractivity contribution in [3.8, 4) is 0 Å². The summed E-state index contributed by atoms with van der Waals surface area (Å²) in [4.78, 5) is 5.07. The first-order valence-electron chi connectivity index (χ1n) is 5.17. The van der Waals surface area contributed by atoms with Crippen LogP contribution in [0.3, 0.4) is 0 Å². The lowest BCUT2D eigenvalue weighted by atomic mass is 10.2. The monoisotopic (exact) mass is 357 g/mol. The van der Waals surface area contributed by atoms with E-state index in [1.165, 1.54) is 11.8 Å². The van der Waals surface area contributed by atoms with Gasteiger partial charge in [0.1, 0.15) is 5.03 Å². The molecule has 2 rings (SSSR count). The standard InChI is InChI=1S/C12H9BrClN3OS/c13-9-2-1-5-16-12(9)19-10-4-3-7(14)6-8(10)11(15)17-18/h1-6,18H,(H2,15,17). The number of pyridine rings is 1. The molecule has 0 radical (unpaired) electrons. The summed E-state index contributed by atoms with van der Waals surface area (Å²) < 4.78 is 0.875. The van der Waals surface area contributed by atoms with Crippen molar-refractivity contribution in [2.45, 2.75) is 9.92 Å². The topological polar surface area (TPSA) is 71.5 Å². The van der Waals surface area contributed by atoms with E-state index in [2.05, 4.69) is 26.1 Å². The Morgan fingerprint density at radius 3 is 2.89 bits per heavy atom. The highest BCUT2D eigenvalue weighted by molar-refractivity contribution is 9.10. The maximum absolute atomic E-state index is 8.81. The van der Waals surface area contributed by atoms with Crippen molar-refractivity contribution < 1.29 is 5.21 Å². The SMILES string of the molecule is NC(=NO)c1cc(Cl)ccc1Sc1ncccc1Br. The lowest BCUT2D eigenvalue weighted by Crippen LogP contribution is -2.14. The lowest BCUT2D eigenvalue weighted by Gasteiger charge is -2.08. The van der Waals surface area contributed by atoms with Crippen LogP contribution in [0.2, 0.25) is 5.02 Å². The van der Waals surface area contributed by atoms with E-state index < -0.39 is 0 Å². The van der Waals surface area contributed by atoms with Crippen molar-refractivity contribution in [1.29, 1.82) is 0 Å². The number of amidine groups is 1. The Morgan fingerprint density at radius 1 is 1.42 bits per heavy atom. The van der Waals surface area contributed by atoms with Crippen molar-refractivity contribution in [2.75, 3.05) is 0 Å². The van der Waals surface area contributed by atoms with Crippen molar-refractivity contribution in [2.24, 2.45) is 10.9 Å². The predicted octanol–water partition coefficient (Wildman–Crippen LogP) is 3.74. The molecule has 7 heteroatoms. The summed E-state index contributed by atoms with van der Waals surface area (Å²) in [5, 5.41) is 13.1. The largest absolute Gasteiger partial charge is 0.409 e. The number of hydrogen-bond donors (Lipinski definition) is 2. The predicted molar refractivity (Wildman–Crippen MR) is 80.0 cm³/mol. The molecular weight excluding hydrogens is 350 g/mol. The molecule has 0 aliphatic carbocycles. The molecule has 0 saturated heterocycles. The molecule has 1 heterocycles. The summed E-state index contributed by atoms with van der Waals surface area (Å²) in [5.74, 6) is 0.0112. The Kier molecular flexibility index (Phi) is 4.68. The van der Waals surface area contributed by atoms with E-state index in [0.717, 1.165) is 14.4 Å². The molecule has 0 bridgehead atoms. The quantitative estimate of drug-likeness (QED) is 0.379. The molecule has 0 aliphatic rings. The fraction of sp³-hybridized carbons (Fsp3) is 0. The molecule has 0 atom stereocenters. The second-order valence-electron chi connectivity index (χ2n) is 3.52. The highest BCUT2D eigenvalue weighted by atomic mass is 79.9. The maximum Gasteiger partial charge on any atom is 0.171 e. The number of nitrogens with zero attached hydrogens (tertiary/aromatic N) is 2. The van der Waals surface area contributed by atoms with Gasteiger partial charge in [-0.05, 0) is 46.3 Å². The molecule has 0 spiro atoms. The zero-order chi connectivity index (χ0) is 13.8. The number of aromatic nitrogens is 1. The summed E-state index contributed by atoms with van der Waals surface area (Å²) >= 11 is 10.8. The van der Waals surface area contributed by atoms with E-state index >= 15 is 0 Å². The molecule has 1 aromatic carbocycles. The molecule has 0 aliphatic heterocycles. The Morgan fingerprint density at radius 2 is 2.21 bits per heavy atom. The zero-order valence-corrected chi connectivity index (χ0v) is 12.7. The van der Waals surface area contributed by atoms with Crippen molar-refractivity contribution in [1.82, 2.24) is 4.98 Å². The van der Waals surface area contributed by atoms with Gasteiger partial charge >= 0.3 is 0 Å². The van der Waals surface area contributed by atoms with Crippen LogP contribution in [-0.2, 0) is 0 Å². The summed E-state index contributed by atoms with van der Waals surface area (Å²) in [7, 11) is 0. The van der Waals surface area contributed by atoms with Crippen molar-refractivity contribution in [3.05, 3.63) is 51.6 Å². The van der Waals surface area contributed by atoms with Crippen LogP contribution in [0.25, 0.3) is 0 Å². The molecule has 0 fully saturated rings. The fourth-order valence-electron chi connectivity index (χ4n) is 1.40. The molecule has 0 amide bonds.